The maximum atomic E-state index is 12.1. The molecule has 1 aliphatic heterocycles. The molecule has 0 saturated carbocycles. The van der Waals surface area contributed by atoms with Gasteiger partial charge in [-0.25, -0.2) is 4.79 Å². The lowest BCUT2D eigenvalue weighted by Crippen LogP contribution is -2.44. The number of amides is 2. The highest BCUT2D eigenvalue weighted by Gasteiger charge is 2.46. The summed E-state index contributed by atoms with van der Waals surface area (Å²) in [5.74, 6) is -3.82. The lowest BCUT2D eigenvalue weighted by Gasteiger charge is -2.26. The number of rotatable bonds is 5. The van der Waals surface area contributed by atoms with Crippen molar-refractivity contribution in [2.24, 2.45) is 11.5 Å². The Morgan fingerprint density at radius 2 is 1.80 bits per heavy atom. The van der Waals surface area contributed by atoms with Gasteiger partial charge in [-0.2, -0.15) is 13.2 Å². The van der Waals surface area contributed by atoms with Gasteiger partial charge >= 0.3 is 12.1 Å². The number of alkyl halides is 3. The van der Waals surface area contributed by atoms with Crippen LogP contribution in [0.1, 0.15) is 12.8 Å². The Balaban J connectivity index is 2.76. The van der Waals surface area contributed by atoms with Crippen LogP contribution in [0.2, 0.25) is 0 Å². The van der Waals surface area contributed by atoms with Crippen molar-refractivity contribution in [2.45, 2.75) is 31.2 Å². The third kappa shape index (κ3) is 4.37. The molecule has 1 fully saturated rings. The first-order valence-electron chi connectivity index (χ1n) is 5.69. The lowest BCUT2D eigenvalue weighted by atomic mass is 10.1. The van der Waals surface area contributed by atoms with Crippen LogP contribution in [0.25, 0.3) is 0 Å². The normalized spacial score (nSPS) is 23.6. The van der Waals surface area contributed by atoms with E-state index in [4.69, 9.17) is 11.5 Å². The molecule has 0 aliphatic carbocycles. The molecule has 2 amide bonds. The quantitative estimate of drug-likeness (QED) is 0.625. The van der Waals surface area contributed by atoms with Gasteiger partial charge in [-0.1, -0.05) is 0 Å². The summed E-state index contributed by atoms with van der Waals surface area (Å²) in [5, 5.41) is 0. The number of hydrogen-bond donors (Lipinski definition) is 2. The second kappa shape index (κ2) is 6.07. The average molecular weight is 297 g/mol. The smallest absolute Gasteiger partial charge is 0.454 e. The molecule has 0 spiro atoms. The minimum Gasteiger partial charge on any atom is -0.454 e. The van der Waals surface area contributed by atoms with E-state index in [0.29, 0.717) is 0 Å². The van der Waals surface area contributed by atoms with Gasteiger partial charge in [-0.05, 0) is 6.42 Å². The van der Waals surface area contributed by atoms with E-state index in [-0.39, 0.29) is 25.9 Å². The average Bonchev–Trinajstić information content (AvgIpc) is 2.59. The zero-order valence-corrected chi connectivity index (χ0v) is 10.4. The van der Waals surface area contributed by atoms with Crippen molar-refractivity contribution >= 4 is 17.8 Å². The fraction of sp³-hybridized carbons (Fsp3) is 0.700. The molecule has 2 atom stereocenters. The molecular formula is C10H14F3N3O4. The summed E-state index contributed by atoms with van der Waals surface area (Å²) in [6, 6.07) is -0.883. The van der Waals surface area contributed by atoms with Gasteiger partial charge in [0, 0.05) is 13.0 Å². The van der Waals surface area contributed by atoms with E-state index in [9.17, 15) is 27.6 Å². The van der Waals surface area contributed by atoms with E-state index in [1.54, 1.807) is 0 Å². The van der Waals surface area contributed by atoms with Gasteiger partial charge in [-0.15, -0.1) is 0 Å². The number of nitrogens with two attached hydrogens (primary N) is 2. The predicted octanol–water partition coefficient (Wildman–Crippen LogP) is -1.10. The second-order valence-corrected chi connectivity index (χ2v) is 4.40. The molecule has 0 radical (unpaired) electrons. The van der Waals surface area contributed by atoms with Crippen LogP contribution in [0.3, 0.4) is 0 Å². The molecule has 114 valence electrons. The molecule has 0 aromatic heterocycles. The number of halogens is 3. The molecule has 0 aromatic rings. The summed E-state index contributed by atoms with van der Waals surface area (Å²) >= 11 is 0. The van der Waals surface area contributed by atoms with Crippen molar-refractivity contribution in [3.63, 3.8) is 0 Å². The van der Waals surface area contributed by atoms with Crippen molar-refractivity contribution < 1.29 is 32.3 Å². The summed E-state index contributed by atoms with van der Waals surface area (Å²) in [7, 11) is 0. The van der Waals surface area contributed by atoms with Crippen molar-refractivity contribution in [3.05, 3.63) is 0 Å². The van der Waals surface area contributed by atoms with Crippen molar-refractivity contribution in [1.82, 2.24) is 4.90 Å². The molecule has 7 nitrogen and oxygen atoms in total. The highest BCUT2D eigenvalue weighted by Crippen LogP contribution is 2.26. The van der Waals surface area contributed by atoms with Crippen molar-refractivity contribution in [1.29, 1.82) is 0 Å². The molecule has 20 heavy (non-hydrogen) atoms. The maximum absolute atomic E-state index is 12.1. The van der Waals surface area contributed by atoms with Crippen LogP contribution in [-0.4, -0.2) is 54.1 Å². The zero-order valence-electron chi connectivity index (χ0n) is 10.4. The second-order valence-electron chi connectivity index (χ2n) is 4.40. The minimum atomic E-state index is -5.12. The third-order valence-corrected chi connectivity index (χ3v) is 2.86. The molecule has 1 heterocycles. The third-order valence-electron chi connectivity index (χ3n) is 2.86. The zero-order chi connectivity index (χ0) is 15.5. The van der Waals surface area contributed by atoms with Gasteiger partial charge in [0.1, 0.15) is 6.10 Å². The molecule has 2 unspecified atom stereocenters. The van der Waals surface area contributed by atoms with Crippen LogP contribution in [0.5, 0.6) is 0 Å². The van der Waals surface area contributed by atoms with E-state index in [2.05, 4.69) is 4.74 Å². The number of hydrogen-bond acceptors (Lipinski definition) is 5. The van der Waals surface area contributed by atoms with Crippen LogP contribution in [0.15, 0.2) is 0 Å². The van der Waals surface area contributed by atoms with Crippen LogP contribution in [0, 0.1) is 0 Å². The van der Waals surface area contributed by atoms with Gasteiger partial charge in [0.15, 0.2) is 0 Å². The largest absolute Gasteiger partial charge is 0.490 e. The molecule has 1 saturated heterocycles. The highest BCUT2D eigenvalue weighted by atomic mass is 19.4. The summed E-state index contributed by atoms with van der Waals surface area (Å²) in [5.41, 5.74) is 10.00. The van der Waals surface area contributed by atoms with Crippen molar-refractivity contribution in [3.8, 4) is 0 Å². The first kappa shape index (κ1) is 16.2. The van der Waals surface area contributed by atoms with Crippen molar-refractivity contribution in [2.75, 3.05) is 13.1 Å². The molecule has 10 heteroatoms. The molecule has 1 rings (SSSR count). The summed E-state index contributed by atoms with van der Waals surface area (Å²) < 4.78 is 40.8. The Morgan fingerprint density at radius 3 is 2.25 bits per heavy atom. The minimum absolute atomic E-state index is 0.0625. The molecular weight excluding hydrogens is 283 g/mol. The van der Waals surface area contributed by atoms with E-state index >= 15 is 0 Å². The van der Waals surface area contributed by atoms with E-state index in [1.165, 1.54) is 4.90 Å². The van der Waals surface area contributed by atoms with Crippen LogP contribution in [-0.2, 0) is 19.1 Å². The molecule has 1 aliphatic rings. The number of esters is 1. The van der Waals surface area contributed by atoms with E-state index in [1.807, 2.05) is 0 Å². The van der Waals surface area contributed by atoms with Crippen LogP contribution < -0.4 is 11.5 Å². The van der Waals surface area contributed by atoms with Gasteiger partial charge < -0.3 is 16.2 Å². The fourth-order valence-electron chi connectivity index (χ4n) is 2.09. The Bertz CT molecular complexity index is 413. The lowest BCUT2D eigenvalue weighted by molar-refractivity contribution is -0.205. The number of carbonyl (C=O) groups is 3. The number of carbonyl (C=O) groups excluding carboxylic acids is 3. The summed E-state index contributed by atoms with van der Waals surface area (Å²) in [6.45, 7) is -0.0747. The molecule has 0 aromatic carbocycles. The van der Waals surface area contributed by atoms with E-state index < -0.39 is 36.1 Å². The standard InChI is InChI=1S/C10H14F3N3O4/c11-10(12,13)9(19)20-6-1-2-16(4-8(15)18)5(6)3-7(14)17/h5-6H,1-4H2,(H2,14,17)(H2,15,18). The number of nitrogens with zero attached hydrogens (tertiary/aromatic N) is 1. The predicted molar refractivity (Wildman–Crippen MR) is 58.9 cm³/mol. The first-order chi connectivity index (χ1) is 9.11. The van der Waals surface area contributed by atoms with Gasteiger partial charge in [-0.3, -0.25) is 14.5 Å². The first-order valence-corrected chi connectivity index (χ1v) is 5.69. The number of likely N-dealkylation sites (tertiary alicyclic amines) is 1. The van der Waals surface area contributed by atoms with Gasteiger partial charge in [0.2, 0.25) is 11.8 Å². The van der Waals surface area contributed by atoms with Crippen LogP contribution >= 0.6 is 0 Å². The van der Waals surface area contributed by atoms with Gasteiger partial charge in [0.25, 0.3) is 0 Å². The topological polar surface area (TPSA) is 116 Å². The SMILES string of the molecule is NC(=O)CC1C(OC(=O)C(F)(F)F)CCN1CC(N)=O. The Kier molecular flexibility index (Phi) is 4.93. The van der Waals surface area contributed by atoms with E-state index in [0.717, 1.165) is 0 Å². The monoisotopic (exact) mass is 297 g/mol. The Hall–Kier alpha value is -1.84. The Labute approximate surface area is 112 Å². The summed E-state index contributed by atoms with van der Waals surface area (Å²) in [6.07, 6.45) is -6.54. The number of primary amides is 2. The molecule has 0 bridgehead atoms. The molecule has 4 N–H and O–H groups in total. The maximum Gasteiger partial charge on any atom is 0.490 e. The fourth-order valence-corrected chi connectivity index (χ4v) is 2.09. The van der Waals surface area contributed by atoms with Crippen LogP contribution in [0.4, 0.5) is 13.2 Å². The van der Waals surface area contributed by atoms with Gasteiger partial charge in [0.05, 0.1) is 12.6 Å². The summed E-state index contributed by atoms with van der Waals surface area (Å²) in [4.78, 5) is 34.0. The highest BCUT2D eigenvalue weighted by molar-refractivity contribution is 5.78. The number of ether oxygens (including phenoxy) is 1. The Morgan fingerprint density at radius 1 is 1.20 bits per heavy atom.